The molecule has 0 radical (unpaired) electrons. The zero-order valence-electron chi connectivity index (χ0n) is 14.5. The molecule has 0 aromatic heterocycles. The maximum Gasteiger partial charge on any atom is 0.120 e. The van der Waals surface area contributed by atoms with Crippen LogP contribution in [0, 0.1) is 5.92 Å². The van der Waals surface area contributed by atoms with Gasteiger partial charge in [0.2, 0.25) is 0 Å². The lowest BCUT2D eigenvalue weighted by Crippen LogP contribution is -2.21. The van der Waals surface area contributed by atoms with Gasteiger partial charge in [-0.15, -0.1) is 0 Å². The summed E-state index contributed by atoms with van der Waals surface area (Å²) in [5.41, 5.74) is 8.70. The van der Waals surface area contributed by atoms with E-state index in [2.05, 4.69) is 30.3 Å². The van der Waals surface area contributed by atoms with E-state index in [9.17, 15) is 0 Å². The maximum absolute atomic E-state index is 6.16. The second-order valence-corrected chi connectivity index (χ2v) is 6.94. The molecule has 1 unspecified atom stereocenters. The Morgan fingerprint density at radius 1 is 0.917 bits per heavy atom. The van der Waals surface area contributed by atoms with Gasteiger partial charge in [0.15, 0.2) is 0 Å². The molecule has 1 aliphatic rings. The SMILES string of the molecule is NCC(c1cccc(OCc2ccccc2)c1)C1CCCCCC1. The summed E-state index contributed by atoms with van der Waals surface area (Å²) in [4.78, 5) is 0. The standard InChI is InChI=1S/C22H29NO/c23-16-22(19-11-6-1-2-7-12-19)20-13-8-14-21(15-20)24-17-18-9-4-3-5-10-18/h3-5,8-10,13-15,19,22H,1-2,6-7,11-12,16-17,23H2. The van der Waals surface area contributed by atoms with Crippen LogP contribution in [0.15, 0.2) is 54.6 Å². The van der Waals surface area contributed by atoms with Crippen molar-refractivity contribution in [1.29, 1.82) is 0 Å². The summed E-state index contributed by atoms with van der Waals surface area (Å²) in [5.74, 6) is 2.13. The van der Waals surface area contributed by atoms with Gasteiger partial charge in [0.05, 0.1) is 0 Å². The first kappa shape index (κ1) is 17.0. The Balaban J connectivity index is 1.68. The van der Waals surface area contributed by atoms with Crippen molar-refractivity contribution in [2.45, 2.75) is 51.0 Å². The molecule has 1 aliphatic carbocycles. The summed E-state index contributed by atoms with van der Waals surface area (Å²) < 4.78 is 6.00. The minimum absolute atomic E-state index is 0.461. The van der Waals surface area contributed by atoms with Gasteiger partial charge in [-0.05, 0) is 54.5 Å². The molecule has 2 aromatic rings. The van der Waals surface area contributed by atoms with Crippen LogP contribution in [0.5, 0.6) is 5.75 Å². The van der Waals surface area contributed by atoms with Gasteiger partial charge in [-0.1, -0.05) is 68.1 Å². The molecule has 128 valence electrons. The lowest BCUT2D eigenvalue weighted by molar-refractivity contribution is 0.304. The molecule has 0 saturated heterocycles. The highest BCUT2D eigenvalue weighted by molar-refractivity contribution is 5.32. The van der Waals surface area contributed by atoms with E-state index < -0.39 is 0 Å². The van der Waals surface area contributed by atoms with Gasteiger partial charge < -0.3 is 10.5 Å². The van der Waals surface area contributed by atoms with Crippen LogP contribution < -0.4 is 10.5 Å². The molecular formula is C22H29NO. The molecule has 0 amide bonds. The quantitative estimate of drug-likeness (QED) is 0.734. The molecule has 3 rings (SSSR count). The fourth-order valence-electron chi connectivity index (χ4n) is 3.89. The molecule has 1 saturated carbocycles. The van der Waals surface area contributed by atoms with Crippen molar-refractivity contribution in [3.63, 3.8) is 0 Å². The molecule has 0 aliphatic heterocycles. The predicted molar refractivity (Wildman–Crippen MR) is 100 cm³/mol. The molecular weight excluding hydrogens is 294 g/mol. The lowest BCUT2D eigenvalue weighted by Gasteiger charge is -2.25. The van der Waals surface area contributed by atoms with Gasteiger partial charge in [0, 0.05) is 0 Å². The van der Waals surface area contributed by atoms with Crippen molar-refractivity contribution in [2.75, 3.05) is 6.54 Å². The Bertz CT molecular complexity index is 602. The van der Waals surface area contributed by atoms with E-state index >= 15 is 0 Å². The van der Waals surface area contributed by atoms with Crippen LogP contribution in [0.3, 0.4) is 0 Å². The number of rotatable bonds is 6. The predicted octanol–water partition coefficient (Wildman–Crippen LogP) is 5.28. The second kappa shape index (κ2) is 8.89. The summed E-state index contributed by atoms with van der Waals surface area (Å²) >= 11 is 0. The molecule has 0 bridgehead atoms. The molecule has 1 fully saturated rings. The first-order valence-corrected chi connectivity index (χ1v) is 9.33. The molecule has 2 nitrogen and oxygen atoms in total. The van der Waals surface area contributed by atoms with Crippen LogP contribution in [0.1, 0.15) is 55.6 Å². The topological polar surface area (TPSA) is 35.2 Å². The van der Waals surface area contributed by atoms with Crippen molar-refractivity contribution in [3.05, 3.63) is 65.7 Å². The Morgan fingerprint density at radius 2 is 1.67 bits per heavy atom. The fourth-order valence-corrected chi connectivity index (χ4v) is 3.89. The zero-order valence-corrected chi connectivity index (χ0v) is 14.5. The molecule has 2 N–H and O–H groups in total. The average Bonchev–Trinajstić information content (AvgIpc) is 2.91. The molecule has 0 spiro atoms. The van der Waals surface area contributed by atoms with E-state index in [0.29, 0.717) is 12.5 Å². The largest absolute Gasteiger partial charge is 0.489 e. The smallest absolute Gasteiger partial charge is 0.120 e. The van der Waals surface area contributed by atoms with E-state index in [0.717, 1.165) is 18.2 Å². The van der Waals surface area contributed by atoms with Crippen LogP contribution >= 0.6 is 0 Å². The minimum atomic E-state index is 0.461. The zero-order chi connectivity index (χ0) is 16.6. The summed E-state index contributed by atoms with van der Waals surface area (Å²) in [5, 5.41) is 0. The van der Waals surface area contributed by atoms with Gasteiger partial charge >= 0.3 is 0 Å². The van der Waals surface area contributed by atoms with Gasteiger partial charge in [-0.2, -0.15) is 0 Å². The highest BCUT2D eigenvalue weighted by atomic mass is 16.5. The van der Waals surface area contributed by atoms with E-state index in [-0.39, 0.29) is 0 Å². The Kier molecular flexibility index (Phi) is 6.31. The van der Waals surface area contributed by atoms with Gasteiger partial charge in [-0.25, -0.2) is 0 Å². The summed E-state index contributed by atoms with van der Waals surface area (Å²) in [6.45, 7) is 1.34. The highest BCUT2D eigenvalue weighted by Crippen LogP contribution is 2.35. The number of nitrogens with two attached hydrogens (primary N) is 1. The molecule has 1 atom stereocenters. The Morgan fingerprint density at radius 3 is 2.38 bits per heavy atom. The lowest BCUT2D eigenvalue weighted by atomic mass is 9.81. The van der Waals surface area contributed by atoms with E-state index in [1.54, 1.807) is 0 Å². The summed E-state index contributed by atoms with van der Waals surface area (Å²) in [6.07, 6.45) is 8.10. The van der Waals surface area contributed by atoms with Crippen molar-refractivity contribution in [2.24, 2.45) is 11.7 Å². The number of benzene rings is 2. The Hall–Kier alpha value is -1.80. The highest BCUT2D eigenvalue weighted by Gasteiger charge is 2.23. The van der Waals surface area contributed by atoms with Crippen LogP contribution in [0.2, 0.25) is 0 Å². The second-order valence-electron chi connectivity index (χ2n) is 6.94. The first-order valence-electron chi connectivity index (χ1n) is 9.33. The van der Waals surface area contributed by atoms with Crippen molar-refractivity contribution >= 4 is 0 Å². The molecule has 0 heterocycles. The van der Waals surface area contributed by atoms with E-state index in [1.807, 2.05) is 24.3 Å². The van der Waals surface area contributed by atoms with Gasteiger partial charge in [0.1, 0.15) is 12.4 Å². The molecule has 2 aromatic carbocycles. The number of ether oxygens (including phenoxy) is 1. The normalized spacial score (nSPS) is 17.2. The van der Waals surface area contributed by atoms with Gasteiger partial charge in [0.25, 0.3) is 0 Å². The van der Waals surface area contributed by atoms with Crippen LogP contribution in [-0.2, 0) is 6.61 Å². The Labute approximate surface area is 146 Å². The molecule has 24 heavy (non-hydrogen) atoms. The van der Waals surface area contributed by atoms with Crippen LogP contribution in [0.4, 0.5) is 0 Å². The van der Waals surface area contributed by atoms with E-state index in [4.69, 9.17) is 10.5 Å². The number of hydrogen-bond donors (Lipinski definition) is 1. The van der Waals surface area contributed by atoms with Crippen molar-refractivity contribution in [1.82, 2.24) is 0 Å². The van der Waals surface area contributed by atoms with Crippen molar-refractivity contribution in [3.8, 4) is 5.75 Å². The maximum atomic E-state index is 6.16. The average molecular weight is 323 g/mol. The third-order valence-electron chi connectivity index (χ3n) is 5.26. The number of hydrogen-bond acceptors (Lipinski definition) is 2. The third kappa shape index (κ3) is 4.61. The summed E-state index contributed by atoms with van der Waals surface area (Å²) in [6, 6.07) is 18.9. The van der Waals surface area contributed by atoms with Crippen LogP contribution in [-0.4, -0.2) is 6.54 Å². The summed E-state index contributed by atoms with van der Waals surface area (Å²) in [7, 11) is 0. The minimum Gasteiger partial charge on any atom is -0.489 e. The molecule has 2 heteroatoms. The fraction of sp³-hybridized carbons (Fsp3) is 0.455. The van der Waals surface area contributed by atoms with Crippen LogP contribution in [0.25, 0.3) is 0 Å². The van der Waals surface area contributed by atoms with Crippen molar-refractivity contribution < 1.29 is 4.74 Å². The monoisotopic (exact) mass is 323 g/mol. The van der Waals surface area contributed by atoms with E-state index in [1.165, 1.54) is 49.7 Å². The third-order valence-corrected chi connectivity index (χ3v) is 5.26. The first-order chi connectivity index (χ1) is 11.9. The van der Waals surface area contributed by atoms with Gasteiger partial charge in [-0.3, -0.25) is 0 Å².